The van der Waals surface area contributed by atoms with E-state index in [-0.39, 0.29) is 12.2 Å². The summed E-state index contributed by atoms with van der Waals surface area (Å²) in [6.07, 6.45) is 0. The minimum Gasteiger partial charge on any atom is -0.389 e. The van der Waals surface area contributed by atoms with Gasteiger partial charge in [-0.15, -0.1) is 0 Å². The second-order valence-electron chi connectivity index (χ2n) is 4.69. The molecule has 0 saturated carbocycles. The first kappa shape index (κ1) is 14.4. The standard InChI is InChI=1S/C12H17FN2O3/c1-4-14(8-12(2,3)16)10-7-5-6-9(13)11(10)15(17)18/h5-7,16H,4,8H2,1-3H3. The first-order chi connectivity index (χ1) is 8.26. The number of para-hydroxylation sites is 1. The van der Waals surface area contributed by atoms with Gasteiger partial charge in [0.1, 0.15) is 5.69 Å². The second-order valence-corrected chi connectivity index (χ2v) is 4.69. The summed E-state index contributed by atoms with van der Waals surface area (Å²) in [5, 5.41) is 20.7. The van der Waals surface area contributed by atoms with Crippen LogP contribution in [0.5, 0.6) is 0 Å². The lowest BCUT2D eigenvalue weighted by atomic mass is 10.1. The fraction of sp³-hybridized carbons (Fsp3) is 0.500. The minimum absolute atomic E-state index is 0.185. The van der Waals surface area contributed by atoms with Crippen molar-refractivity contribution in [3.63, 3.8) is 0 Å². The molecule has 0 radical (unpaired) electrons. The van der Waals surface area contributed by atoms with Crippen LogP contribution in [-0.2, 0) is 0 Å². The van der Waals surface area contributed by atoms with Crippen molar-refractivity contribution in [3.8, 4) is 0 Å². The molecule has 0 saturated heterocycles. The van der Waals surface area contributed by atoms with Crippen LogP contribution >= 0.6 is 0 Å². The maximum Gasteiger partial charge on any atom is 0.327 e. The highest BCUT2D eigenvalue weighted by Crippen LogP contribution is 2.31. The number of nitro benzene ring substituents is 1. The zero-order valence-corrected chi connectivity index (χ0v) is 10.7. The zero-order valence-electron chi connectivity index (χ0n) is 10.7. The maximum atomic E-state index is 13.5. The van der Waals surface area contributed by atoms with Gasteiger partial charge in [-0.1, -0.05) is 6.07 Å². The monoisotopic (exact) mass is 256 g/mol. The third kappa shape index (κ3) is 3.40. The average Bonchev–Trinajstić information content (AvgIpc) is 2.23. The van der Waals surface area contributed by atoms with Crippen molar-refractivity contribution in [1.82, 2.24) is 0 Å². The van der Waals surface area contributed by atoms with Crippen molar-refractivity contribution in [3.05, 3.63) is 34.1 Å². The van der Waals surface area contributed by atoms with Crippen molar-refractivity contribution >= 4 is 11.4 Å². The summed E-state index contributed by atoms with van der Waals surface area (Å²) in [5.41, 5.74) is -1.39. The van der Waals surface area contributed by atoms with Gasteiger partial charge < -0.3 is 10.0 Å². The zero-order chi connectivity index (χ0) is 13.9. The van der Waals surface area contributed by atoms with Crippen molar-refractivity contribution in [2.45, 2.75) is 26.4 Å². The fourth-order valence-corrected chi connectivity index (χ4v) is 1.77. The molecule has 18 heavy (non-hydrogen) atoms. The predicted octanol–water partition coefficient (Wildman–Crippen LogP) is 2.33. The Morgan fingerprint density at radius 3 is 2.56 bits per heavy atom. The molecule has 1 N–H and O–H groups in total. The molecule has 100 valence electrons. The molecular formula is C12H17FN2O3. The van der Waals surface area contributed by atoms with Crippen LogP contribution in [0.3, 0.4) is 0 Å². The molecule has 0 aliphatic heterocycles. The molecule has 1 rings (SSSR count). The Balaban J connectivity index is 3.21. The number of hydrogen-bond donors (Lipinski definition) is 1. The summed E-state index contributed by atoms with van der Waals surface area (Å²) >= 11 is 0. The van der Waals surface area contributed by atoms with E-state index in [1.165, 1.54) is 12.1 Å². The highest BCUT2D eigenvalue weighted by atomic mass is 19.1. The van der Waals surface area contributed by atoms with Crippen molar-refractivity contribution in [1.29, 1.82) is 0 Å². The molecule has 0 amide bonds. The predicted molar refractivity (Wildman–Crippen MR) is 67.2 cm³/mol. The lowest BCUT2D eigenvalue weighted by Gasteiger charge is -2.29. The quantitative estimate of drug-likeness (QED) is 0.648. The number of hydrogen-bond acceptors (Lipinski definition) is 4. The smallest absolute Gasteiger partial charge is 0.327 e. The summed E-state index contributed by atoms with van der Waals surface area (Å²) < 4.78 is 13.5. The van der Waals surface area contributed by atoms with E-state index in [0.717, 1.165) is 6.07 Å². The van der Waals surface area contributed by atoms with Gasteiger partial charge in [0.05, 0.1) is 10.5 Å². The molecular weight excluding hydrogens is 239 g/mol. The number of aliphatic hydroxyl groups is 1. The summed E-state index contributed by atoms with van der Waals surface area (Å²) in [6.45, 7) is 5.62. The second kappa shape index (κ2) is 5.30. The van der Waals surface area contributed by atoms with Crippen LogP contribution in [0.1, 0.15) is 20.8 Å². The summed E-state index contributed by atoms with van der Waals surface area (Å²) in [5.74, 6) is -0.869. The number of rotatable bonds is 5. The Hall–Kier alpha value is -1.69. The number of nitro groups is 1. The highest BCUT2D eigenvalue weighted by molar-refractivity contribution is 5.63. The van der Waals surface area contributed by atoms with E-state index in [1.807, 2.05) is 0 Å². The van der Waals surface area contributed by atoms with Gasteiger partial charge in [0.25, 0.3) is 0 Å². The number of benzene rings is 1. The minimum atomic E-state index is -1.02. The molecule has 0 aliphatic rings. The summed E-state index contributed by atoms with van der Waals surface area (Å²) in [6, 6.07) is 3.96. The van der Waals surface area contributed by atoms with Gasteiger partial charge in [0, 0.05) is 13.1 Å². The molecule has 0 bridgehead atoms. The van der Waals surface area contributed by atoms with E-state index in [2.05, 4.69) is 0 Å². The first-order valence-electron chi connectivity index (χ1n) is 5.66. The number of likely N-dealkylation sites (N-methyl/N-ethyl adjacent to an activating group) is 1. The maximum absolute atomic E-state index is 13.5. The third-order valence-corrected chi connectivity index (χ3v) is 2.45. The third-order valence-electron chi connectivity index (χ3n) is 2.45. The molecule has 1 aromatic rings. The Bertz CT molecular complexity index is 443. The summed E-state index contributed by atoms with van der Waals surface area (Å²) in [4.78, 5) is 11.8. The molecule has 0 spiro atoms. The van der Waals surface area contributed by atoms with Gasteiger partial charge in [-0.05, 0) is 32.9 Å². The van der Waals surface area contributed by atoms with E-state index in [0.29, 0.717) is 6.54 Å². The Morgan fingerprint density at radius 1 is 1.50 bits per heavy atom. The van der Waals surface area contributed by atoms with Crippen molar-refractivity contribution < 1.29 is 14.4 Å². The lowest BCUT2D eigenvalue weighted by molar-refractivity contribution is -0.386. The molecule has 6 heteroatoms. The number of halogens is 1. The molecule has 0 atom stereocenters. The Morgan fingerprint density at radius 2 is 2.11 bits per heavy atom. The molecule has 1 aromatic carbocycles. The van der Waals surface area contributed by atoms with Crippen LogP contribution in [0.4, 0.5) is 15.8 Å². The molecule has 0 fully saturated rings. The van der Waals surface area contributed by atoms with Gasteiger partial charge in [0.15, 0.2) is 0 Å². The average molecular weight is 256 g/mol. The molecule has 0 aromatic heterocycles. The normalized spacial score (nSPS) is 11.4. The van der Waals surface area contributed by atoms with Gasteiger partial charge in [-0.3, -0.25) is 10.1 Å². The van der Waals surface area contributed by atoms with E-state index in [9.17, 15) is 19.6 Å². The topological polar surface area (TPSA) is 66.6 Å². The van der Waals surface area contributed by atoms with Crippen molar-refractivity contribution in [2.24, 2.45) is 0 Å². The molecule has 0 aliphatic carbocycles. The first-order valence-corrected chi connectivity index (χ1v) is 5.66. The summed E-state index contributed by atoms with van der Waals surface area (Å²) in [7, 11) is 0. The van der Waals surface area contributed by atoms with Crippen LogP contribution < -0.4 is 4.90 Å². The van der Waals surface area contributed by atoms with E-state index in [4.69, 9.17) is 0 Å². The lowest BCUT2D eigenvalue weighted by Crippen LogP contribution is -2.39. The SMILES string of the molecule is CCN(CC(C)(C)O)c1cccc(F)c1[N+](=O)[O-]. The van der Waals surface area contributed by atoms with E-state index >= 15 is 0 Å². The highest BCUT2D eigenvalue weighted by Gasteiger charge is 2.26. The van der Waals surface area contributed by atoms with Gasteiger partial charge in [0.2, 0.25) is 5.82 Å². The Kier molecular flexibility index (Phi) is 4.24. The Labute approximate surface area is 105 Å². The fourth-order valence-electron chi connectivity index (χ4n) is 1.77. The number of nitrogens with zero attached hydrogens (tertiary/aromatic N) is 2. The number of anilines is 1. The molecule has 0 heterocycles. The van der Waals surface area contributed by atoms with Gasteiger partial charge in [-0.25, -0.2) is 0 Å². The van der Waals surface area contributed by atoms with Crippen LogP contribution in [0, 0.1) is 15.9 Å². The van der Waals surface area contributed by atoms with Crippen LogP contribution in [0.2, 0.25) is 0 Å². The van der Waals surface area contributed by atoms with Crippen LogP contribution in [0.25, 0.3) is 0 Å². The molecule has 0 unspecified atom stereocenters. The molecule has 5 nitrogen and oxygen atoms in total. The van der Waals surface area contributed by atoms with Crippen LogP contribution in [0.15, 0.2) is 18.2 Å². The van der Waals surface area contributed by atoms with Gasteiger partial charge in [-0.2, -0.15) is 4.39 Å². The van der Waals surface area contributed by atoms with E-state index in [1.54, 1.807) is 25.7 Å². The van der Waals surface area contributed by atoms with E-state index < -0.39 is 22.0 Å². The largest absolute Gasteiger partial charge is 0.389 e. The van der Waals surface area contributed by atoms with Crippen molar-refractivity contribution in [2.75, 3.05) is 18.0 Å². The van der Waals surface area contributed by atoms with Crippen LogP contribution in [-0.4, -0.2) is 28.7 Å². The van der Waals surface area contributed by atoms with Gasteiger partial charge >= 0.3 is 5.69 Å².